The molecule has 1 atom stereocenters. The van der Waals surface area contributed by atoms with Crippen LogP contribution in [0.5, 0.6) is 11.5 Å². The number of nitrogens with one attached hydrogen (secondary N) is 2. The maximum atomic E-state index is 12.5. The third-order valence-corrected chi connectivity index (χ3v) is 4.66. The van der Waals surface area contributed by atoms with Crippen molar-refractivity contribution in [3.05, 3.63) is 23.8 Å². The first-order valence-electron chi connectivity index (χ1n) is 8.41. The first-order chi connectivity index (χ1) is 12.6. The van der Waals surface area contributed by atoms with Crippen molar-refractivity contribution in [3.63, 3.8) is 0 Å². The Morgan fingerprint density at radius 1 is 1.29 bits per heavy atom. The Morgan fingerprint density at radius 2 is 1.96 bits per heavy atom. The van der Waals surface area contributed by atoms with Crippen molar-refractivity contribution in [2.24, 2.45) is 4.99 Å². The molecule has 0 aliphatic carbocycles. The quantitative estimate of drug-likeness (QED) is 0.272. The lowest BCUT2D eigenvalue weighted by Gasteiger charge is -2.18. The van der Waals surface area contributed by atoms with Gasteiger partial charge in [0.2, 0.25) is 0 Å². The van der Waals surface area contributed by atoms with Crippen LogP contribution in [0.25, 0.3) is 0 Å². The van der Waals surface area contributed by atoms with E-state index in [-0.39, 0.29) is 47.3 Å². The number of benzene rings is 1. The molecule has 162 valence electrons. The van der Waals surface area contributed by atoms with Crippen LogP contribution in [0.15, 0.2) is 23.2 Å². The van der Waals surface area contributed by atoms with Gasteiger partial charge in [0.1, 0.15) is 9.84 Å². The van der Waals surface area contributed by atoms with Gasteiger partial charge < -0.3 is 20.1 Å². The summed E-state index contributed by atoms with van der Waals surface area (Å²) in [4.78, 5) is 4.09. The smallest absolute Gasteiger partial charge is 0.387 e. The highest BCUT2D eigenvalue weighted by Crippen LogP contribution is 2.29. The Morgan fingerprint density at radius 3 is 2.50 bits per heavy atom. The predicted octanol–water partition coefficient (Wildman–Crippen LogP) is 2.45. The minimum Gasteiger partial charge on any atom is -0.493 e. The van der Waals surface area contributed by atoms with Crippen LogP contribution in [0.3, 0.4) is 0 Å². The molecule has 11 heteroatoms. The van der Waals surface area contributed by atoms with Gasteiger partial charge >= 0.3 is 6.61 Å². The predicted molar refractivity (Wildman–Crippen MR) is 117 cm³/mol. The Kier molecular flexibility index (Phi) is 12.3. The lowest BCUT2D eigenvalue weighted by molar-refractivity contribution is -0.0512. The summed E-state index contributed by atoms with van der Waals surface area (Å²) in [6.45, 7) is -0.558. The van der Waals surface area contributed by atoms with Crippen LogP contribution in [0, 0.1) is 0 Å². The van der Waals surface area contributed by atoms with Gasteiger partial charge in [0.15, 0.2) is 17.5 Å². The van der Waals surface area contributed by atoms with Gasteiger partial charge in [-0.15, -0.1) is 24.0 Å². The fourth-order valence-corrected chi connectivity index (χ4v) is 3.06. The number of hydrogen-bond acceptors (Lipinski definition) is 5. The first-order valence-corrected chi connectivity index (χ1v) is 10.5. The second-order valence-corrected chi connectivity index (χ2v) is 8.34. The number of alkyl halides is 2. The summed E-state index contributed by atoms with van der Waals surface area (Å²) in [5.41, 5.74) is 0.791. The number of ether oxygens (including phenoxy) is 2. The number of halogens is 3. The SMILES string of the molecule is CN=C(NCCc1ccc(OC)c(OC(F)F)c1)NC(C)CCS(C)(=O)=O.I. The maximum absolute atomic E-state index is 12.5. The van der Waals surface area contributed by atoms with E-state index in [1.165, 1.54) is 19.4 Å². The fraction of sp³-hybridized carbons (Fsp3) is 0.588. The maximum Gasteiger partial charge on any atom is 0.387 e. The summed E-state index contributed by atoms with van der Waals surface area (Å²) < 4.78 is 56.9. The van der Waals surface area contributed by atoms with Gasteiger partial charge in [-0.25, -0.2) is 8.42 Å². The molecule has 0 bridgehead atoms. The van der Waals surface area contributed by atoms with Crippen LogP contribution in [0.2, 0.25) is 0 Å². The molecule has 0 fully saturated rings. The molecule has 0 aliphatic rings. The van der Waals surface area contributed by atoms with Crippen LogP contribution in [-0.2, 0) is 16.3 Å². The number of hydrogen-bond donors (Lipinski definition) is 2. The minimum absolute atomic E-state index is 0. The Hall–Kier alpha value is -1.37. The fourth-order valence-electron chi connectivity index (χ4n) is 2.28. The second-order valence-electron chi connectivity index (χ2n) is 6.08. The molecule has 28 heavy (non-hydrogen) atoms. The van der Waals surface area contributed by atoms with E-state index in [1.54, 1.807) is 19.2 Å². The van der Waals surface area contributed by atoms with Crippen LogP contribution in [0.1, 0.15) is 18.9 Å². The average Bonchev–Trinajstić information content (AvgIpc) is 2.58. The molecule has 0 aromatic heterocycles. The second kappa shape index (κ2) is 13.0. The van der Waals surface area contributed by atoms with E-state index in [1.807, 2.05) is 6.92 Å². The van der Waals surface area contributed by atoms with Crippen molar-refractivity contribution in [1.29, 1.82) is 0 Å². The summed E-state index contributed by atoms with van der Waals surface area (Å²) in [6.07, 6.45) is 2.21. The molecule has 0 radical (unpaired) electrons. The van der Waals surface area contributed by atoms with Gasteiger partial charge in [0.05, 0.1) is 12.9 Å². The standard InChI is InChI=1S/C17H27F2N3O4S.HI/c1-12(8-10-27(4,23)24)22-17(20-2)21-9-7-13-5-6-14(25-3)15(11-13)26-16(18)19;/h5-6,11-12,16H,7-10H2,1-4H3,(H2,20,21,22);1H. The Labute approximate surface area is 182 Å². The molecular formula is C17H28F2IN3O4S. The van der Waals surface area contributed by atoms with E-state index < -0.39 is 16.4 Å². The number of nitrogens with zero attached hydrogens (tertiary/aromatic N) is 1. The van der Waals surface area contributed by atoms with Crippen molar-refractivity contribution in [1.82, 2.24) is 10.6 Å². The number of aliphatic imine (C=N–C) groups is 1. The van der Waals surface area contributed by atoms with Crippen molar-refractivity contribution >= 4 is 39.8 Å². The normalized spacial score (nSPS) is 12.9. The van der Waals surface area contributed by atoms with E-state index in [0.717, 1.165) is 5.56 Å². The van der Waals surface area contributed by atoms with E-state index in [9.17, 15) is 17.2 Å². The van der Waals surface area contributed by atoms with Crippen LogP contribution in [-0.4, -0.2) is 59.7 Å². The van der Waals surface area contributed by atoms with E-state index >= 15 is 0 Å². The molecule has 1 aromatic rings. The lowest BCUT2D eigenvalue weighted by atomic mass is 10.1. The zero-order chi connectivity index (χ0) is 20.4. The van der Waals surface area contributed by atoms with Crippen molar-refractivity contribution in [2.45, 2.75) is 32.4 Å². The molecule has 0 spiro atoms. The first kappa shape index (κ1) is 26.6. The number of sulfone groups is 1. The van der Waals surface area contributed by atoms with Crippen molar-refractivity contribution < 1.29 is 26.7 Å². The van der Waals surface area contributed by atoms with Crippen LogP contribution in [0.4, 0.5) is 8.78 Å². The van der Waals surface area contributed by atoms with E-state index in [2.05, 4.69) is 20.4 Å². The van der Waals surface area contributed by atoms with Gasteiger partial charge in [0.25, 0.3) is 0 Å². The molecule has 1 unspecified atom stereocenters. The Bertz CT molecular complexity index is 733. The van der Waals surface area contributed by atoms with Crippen LogP contribution >= 0.6 is 24.0 Å². The van der Waals surface area contributed by atoms with Gasteiger partial charge in [-0.1, -0.05) is 6.07 Å². The van der Waals surface area contributed by atoms with E-state index in [0.29, 0.717) is 25.3 Å². The summed E-state index contributed by atoms with van der Waals surface area (Å²) >= 11 is 0. The molecule has 0 saturated heterocycles. The molecule has 0 saturated carbocycles. The highest BCUT2D eigenvalue weighted by atomic mass is 127. The number of guanidine groups is 1. The highest BCUT2D eigenvalue weighted by molar-refractivity contribution is 14.0. The van der Waals surface area contributed by atoms with Crippen molar-refractivity contribution in [2.75, 3.05) is 32.7 Å². The lowest BCUT2D eigenvalue weighted by Crippen LogP contribution is -2.43. The largest absolute Gasteiger partial charge is 0.493 e. The van der Waals surface area contributed by atoms with Gasteiger partial charge in [0, 0.05) is 25.9 Å². The molecule has 0 amide bonds. The average molecular weight is 535 g/mol. The molecule has 1 rings (SSSR count). The molecule has 2 N–H and O–H groups in total. The topological polar surface area (TPSA) is 89.0 Å². The monoisotopic (exact) mass is 535 g/mol. The van der Waals surface area contributed by atoms with Gasteiger partial charge in [-0.2, -0.15) is 8.78 Å². The summed E-state index contributed by atoms with van der Waals surface area (Å²) in [7, 11) is -0.0129. The third-order valence-electron chi connectivity index (χ3n) is 3.68. The summed E-state index contributed by atoms with van der Waals surface area (Å²) in [6, 6.07) is 4.78. The summed E-state index contributed by atoms with van der Waals surface area (Å²) in [5, 5.41) is 6.22. The third kappa shape index (κ3) is 10.8. The molecule has 0 aliphatic heterocycles. The van der Waals surface area contributed by atoms with Crippen molar-refractivity contribution in [3.8, 4) is 11.5 Å². The zero-order valence-corrected chi connectivity index (χ0v) is 19.5. The number of methoxy groups -OCH3 is 1. The summed E-state index contributed by atoms with van der Waals surface area (Å²) in [5.74, 6) is 0.858. The minimum atomic E-state index is -3.01. The van der Waals surface area contributed by atoms with Gasteiger partial charge in [-0.3, -0.25) is 4.99 Å². The molecule has 7 nitrogen and oxygen atoms in total. The molecule has 0 heterocycles. The van der Waals surface area contributed by atoms with E-state index in [4.69, 9.17) is 4.74 Å². The van der Waals surface area contributed by atoms with Crippen LogP contribution < -0.4 is 20.1 Å². The number of rotatable bonds is 10. The zero-order valence-electron chi connectivity index (χ0n) is 16.4. The highest BCUT2D eigenvalue weighted by Gasteiger charge is 2.12. The Balaban J connectivity index is 0.00000729. The molecular weight excluding hydrogens is 507 g/mol. The molecule has 1 aromatic carbocycles. The van der Waals surface area contributed by atoms with Gasteiger partial charge in [-0.05, 0) is 37.5 Å².